The SMILES string of the molecule is O=C(CCCN1CCCCC1)N1CCCC(c2cc(=O)[nH]cn2)C1. The zero-order valence-corrected chi connectivity index (χ0v) is 14.4. The average Bonchev–Trinajstić information content (AvgIpc) is 2.63. The fraction of sp³-hybridized carbons (Fsp3) is 0.722. The van der Waals surface area contributed by atoms with Crippen LogP contribution in [0, 0.1) is 0 Å². The van der Waals surface area contributed by atoms with Crippen LogP contribution in [0.1, 0.15) is 56.6 Å². The molecule has 0 aromatic carbocycles. The third-order valence-corrected chi connectivity index (χ3v) is 5.21. The van der Waals surface area contributed by atoms with Gasteiger partial charge in [0.2, 0.25) is 5.91 Å². The Balaban J connectivity index is 1.47. The Hall–Kier alpha value is -1.69. The highest BCUT2D eigenvalue weighted by Gasteiger charge is 2.25. The molecule has 3 rings (SSSR count). The van der Waals surface area contributed by atoms with Gasteiger partial charge in [-0.15, -0.1) is 0 Å². The molecule has 1 aromatic heterocycles. The predicted molar refractivity (Wildman–Crippen MR) is 92.9 cm³/mol. The molecule has 0 aliphatic carbocycles. The Kier molecular flexibility index (Phi) is 6.01. The zero-order chi connectivity index (χ0) is 16.8. The van der Waals surface area contributed by atoms with Gasteiger partial charge in [0.05, 0.1) is 12.0 Å². The molecule has 0 bridgehead atoms. The zero-order valence-electron chi connectivity index (χ0n) is 14.4. The van der Waals surface area contributed by atoms with Gasteiger partial charge in [0.25, 0.3) is 5.56 Å². The van der Waals surface area contributed by atoms with Gasteiger partial charge in [-0.05, 0) is 51.7 Å². The summed E-state index contributed by atoms with van der Waals surface area (Å²) in [6.45, 7) is 4.95. The van der Waals surface area contributed by atoms with Gasteiger partial charge in [0.15, 0.2) is 0 Å². The highest BCUT2D eigenvalue weighted by molar-refractivity contribution is 5.76. The molecule has 1 atom stereocenters. The van der Waals surface area contributed by atoms with Crippen molar-refractivity contribution in [3.05, 3.63) is 28.4 Å². The van der Waals surface area contributed by atoms with E-state index in [4.69, 9.17) is 0 Å². The van der Waals surface area contributed by atoms with Crippen molar-refractivity contribution in [3.8, 4) is 0 Å². The van der Waals surface area contributed by atoms with E-state index in [9.17, 15) is 9.59 Å². The summed E-state index contributed by atoms with van der Waals surface area (Å²) in [5.74, 6) is 0.439. The van der Waals surface area contributed by atoms with E-state index in [2.05, 4.69) is 14.9 Å². The van der Waals surface area contributed by atoms with Crippen LogP contribution in [0.4, 0.5) is 0 Å². The van der Waals surface area contributed by atoms with Gasteiger partial charge in [0, 0.05) is 31.5 Å². The molecule has 1 N–H and O–H groups in total. The molecule has 1 unspecified atom stereocenters. The van der Waals surface area contributed by atoms with Gasteiger partial charge in [-0.25, -0.2) is 4.98 Å². The Morgan fingerprint density at radius 2 is 2.04 bits per heavy atom. The van der Waals surface area contributed by atoms with Crippen LogP contribution in [-0.2, 0) is 4.79 Å². The largest absolute Gasteiger partial charge is 0.342 e. The van der Waals surface area contributed by atoms with E-state index >= 15 is 0 Å². The lowest BCUT2D eigenvalue weighted by molar-refractivity contribution is -0.132. The number of H-pyrrole nitrogens is 1. The van der Waals surface area contributed by atoms with Crippen molar-refractivity contribution in [2.24, 2.45) is 0 Å². The van der Waals surface area contributed by atoms with Crippen LogP contribution in [0.2, 0.25) is 0 Å². The minimum Gasteiger partial charge on any atom is -0.342 e. The van der Waals surface area contributed by atoms with E-state index < -0.39 is 0 Å². The molecule has 132 valence electrons. The molecule has 2 aliphatic heterocycles. The van der Waals surface area contributed by atoms with Gasteiger partial charge in [-0.2, -0.15) is 0 Å². The Morgan fingerprint density at radius 1 is 1.21 bits per heavy atom. The topological polar surface area (TPSA) is 69.3 Å². The van der Waals surface area contributed by atoms with Gasteiger partial charge < -0.3 is 14.8 Å². The molecule has 6 nitrogen and oxygen atoms in total. The van der Waals surface area contributed by atoms with Crippen LogP contribution < -0.4 is 5.56 Å². The molecule has 2 aliphatic rings. The Morgan fingerprint density at radius 3 is 2.83 bits per heavy atom. The number of likely N-dealkylation sites (tertiary alicyclic amines) is 2. The number of nitrogens with zero attached hydrogens (tertiary/aromatic N) is 3. The number of aromatic nitrogens is 2. The first-order valence-corrected chi connectivity index (χ1v) is 9.27. The van der Waals surface area contributed by atoms with Gasteiger partial charge in [0.1, 0.15) is 0 Å². The molecule has 3 heterocycles. The minimum absolute atomic E-state index is 0.120. The molecule has 2 saturated heterocycles. The molecular formula is C18H28N4O2. The third-order valence-electron chi connectivity index (χ3n) is 5.21. The van der Waals surface area contributed by atoms with Crippen LogP contribution in [0.5, 0.6) is 0 Å². The molecule has 6 heteroatoms. The van der Waals surface area contributed by atoms with Crippen LogP contribution in [0.15, 0.2) is 17.2 Å². The number of hydrogen-bond acceptors (Lipinski definition) is 4. The van der Waals surface area contributed by atoms with Crippen molar-refractivity contribution < 1.29 is 4.79 Å². The third kappa shape index (κ3) is 4.66. The monoisotopic (exact) mass is 332 g/mol. The summed E-state index contributed by atoms with van der Waals surface area (Å²) in [4.78, 5) is 35.2. The number of nitrogens with one attached hydrogen (secondary N) is 1. The standard InChI is InChI=1S/C18H28N4O2/c23-17-12-16(19-14-20-17)15-6-4-11-22(13-15)18(24)7-5-10-21-8-2-1-3-9-21/h12,14-15H,1-11,13H2,(H,19,20,23). The van der Waals surface area contributed by atoms with Crippen LogP contribution >= 0.6 is 0 Å². The van der Waals surface area contributed by atoms with E-state index in [1.807, 2.05) is 4.90 Å². The fourth-order valence-electron chi connectivity index (χ4n) is 3.85. The number of carbonyl (C=O) groups is 1. The average molecular weight is 332 g/mol. The van der Waals surface area contributed by atoms with Crippen LogP contribution in [-0.4, -0.2) is 58.4 Å². The van der Waals surface area contributed by atoms with E-state index in [1.165, 1.54) is 38.7 Å². The molecule has 1 aromatic rings. The summed E-state index contributed by atoms with van der Waals surface area (Å²) in [6.07, 6.45) is 8.95. The van der Waals surface area contributed by atoms with E-state index in [-0.39, 0.29) is 17.4 Å². The van der Waals surface area contributed by atoms with Crippen molar-refractivity contribution in [2.45, 2.75) is 50.9 Å². The lowest BCUT2D eigenvalue weighted by Gasteiger charge is -2.33. The molecule has 0 saturated carbocycles. The lowest BCUT2D eigenvalue weighted by atomic mass is 9.94. The van der Waals surface area contributed by atoms with E-state index in [1.54, 1.807) is 6.07 Å². The highest BCUT2D eigenvalue weighted by Crippen LogP contribution is 2.25. The highest BCUT2D eigenvalue weighted by atomic mass is 16.2. The number of aromatic amines is 1. The lowest BCUT2D eigenvalue weighted by Crippen LogP contribution is -2.40. The van der Waals surface area contributed by atoms with Crippen molar-refractivity contribution in [2.75, 3.05) is 32.7 Å². The molecule has 0 spiro atoms. The first-order chi connectivity index (χ1) is 11.7. The molecular weight excluding hydrogens is 304 g/mol. The van der Waals surface area contributed by atoms with Crippen LogP contribution in [0.3, 0.4) is 0 Å². The quantitative estimate of drug-likeness (QED) is 0.892. The number of amides is 1. The maximum absolute atomic E-state index is 12.5. The van der Waals surface area contributed by atoms with E-state index in [0.717, 1.165) is 38.0 Å². The maximum Gasteiger partial charge on any atom is 0.250 e. The van der Waals surface area contributed by atoms with Gasteiger partial charge >= 0.3 is 0 Å². The Bertz CT molecular complexity index is 595. The second-order valence-corrected chi connectivity index (χ2v) is 7.02. The number of piperidine rings is 2. The van der Waals surface area contributed by atoms with E-state index in [0.29, 0.717) is 13.0 Å². The summed E-state index contributed by atoms with van der Waals surface area (Å²) in [5, 5.41) is 0. The molecule has 24 heavy (non-hydrogen) atoms. The normalized spacial score (nSPS) is 22.5. The summed E-state index contributed by atoms with van der Waals surface area (Å²) >= 11 is 0. The summed E-state index contributed by atoms with van der Waals surface area (Å²) in [5.41, 5.74) is 0.689. The summed E-state index contributed by atoms with van der Waals surface area (Å²) < 4.78 is 0. The van der Waals surface area contributed by atoms with Crippen molar-refractivity contribution in [1.29, 1.82) is 0 Å². The molecule has 1 amide bonds. The second-order valence-electron chi connectivity index (χ2n) is 7.02. The predicted octanol–water partition coefficient (Wildman–Crippen LogP) is 1.74. The fourth-order valence-corrected chi connectivity index (χ4v) is 3.85. The first kappa shape index (κ1) is 17.1. The maximum atomic E-state index is 12.5. The molecule has 2 fully saturated rings. The molecule has 0 radical (unpaired) electrons. The summed E-state index contributed by atoms with van der Waals surface area (Å²) in [7, 11) is 0. The second kappa shape index (κ2) is 8.42. The van der Waals surface area contributed by atoms with Crippen molar-refractivity contribution >= 4 is 5.91 Å². The van der Waals surface area contributed by atoms with Crippen molar-refractivity contribution in [1.82, 2.24) is 19.8 Å². The number of carbonyl (C=O) groups excluding carboxylic acids is 1. The number of rotatable bonds is 5. The number of hydrogen-bond donors (Lipinski definition) is 1. The van der Waals surface area contributed by atoms with Crippen molar-refractivity contribution in [3.63, 3.8) is 0 Å². The summed E-state index contributed by atoms with van der Waals surface area (Å²) in [6, 6.07) is 1.56. The van der Waals surface area contributed by atoms with Gasteiger partial charge in [-0.1, -0.05) is 6.42 Å². The Labute approximate surface area is 143 Å². The van der Waals surface area contributed by atoms with Crippen LogP contribution in [0.25, 0.3) is 0 Å². The smallest absolute Gasteiger partial charge is 0.250 e. The van der Waals surface area contributed by atoms with Gasteiger partial charge in [-0.3, -0.25) is 9.59 Å². The first-order valence-electron chi connectivity index (χ1n) is 9.27. The minimum atomic E-state index is -0.120.